The summed E-state index contributed by atoms with van der Waals surface area (Å²) in [6, 6.07) is 17.1. The number of alkyl halides is 3. The molecule has 0 aliphatic carbocycles. The number of fused-ring (bicyclic) bond motifs is 3. The first-order chi connectivity index (χ1) is 12.4. The molecule has 4 rings (SSSR count). The first kappa shape index (κ1) is 16.4. The average Bonchev–Trinajstić information content (AvgIpc) is 3.11. The smallest absolute Gasteiger partial charge is 0.360 e. The normalized spacial score (nSPS) is 19.3. The minimum absolute atomic E-state index is 0.0546. The molecule has 1 aliphatic heterocycles. The molecule has 6 heteroatoms. The maximum Gasteiger partial charge on any atom is 0.441 e. The van der Waals surface area contributed by atoms with Gasteiger partial charge in [-0.05, 0) is 23.3 Å². The highest BCUT2D eigenvalue weighted by molar-refractivity contribution is 5.96. The fraction of sp³-hybridized carbons (Fsp3) is 0.150. The van der Waals surface area contributed by atoms with E-state index in [2.05, 4.69) is 0 Å². The number of para-hydroxylation sites is 1. The Kier molecular flexibility index (Phi) is 3.46. The van der Waals surface area contributed by atoms with Crippen LogP contribution in [0.5, 0.6) is 0 Å². The standard InChI is InChI=1S/C20H13F3N2O/c21-20(22,23)19(26)12-16(13-6-2-1-3-7-13)18-15(10-11-24)14-8-4-5-9-17(14)25(18)19/h1-9,12,26H,10H2. The molecule has 3 aromatic rings. The van der Waals surface area contributed by atoms with E-state index in [0.29, 0.717) is 16.5 Å². The van der Waals surface area contributed by atoms with Crippen LogP contribution in [0.2, 0.25) is 0 Å². The number of benzene rings is 2. The summed E-state index contributed by atoms with van der Waals surface area (Å²) in [4.78, 5) is 0. The second-order valence-corrected chi connectivity index (χ2v) is 6.16. The van der Waals surface area contributed by atoms with Gasteiger partial charge in [-0.15, -0.1) is 0 Å². The SMILES string of the molecule is N#CCc1c2n(c3ccccc13)C(O)(C(F)(F)F)C=C2c1ccccc1. The Hall–Kier alpha value is -3.04. The van der Waals surface area contributed by atoms with Crippen LogP contribution in [0.1, 0.15) is 16.8 Å². The predicted octanol–water partition coefficient (Wildman–Crippen LogP) is 4.36. The first-order valence-electron chi connectivity index (χ1n) is 7.96. The molecule has 130 valence electrons. The molecule has 0 saturated carbocycles. The molecular formula is C20H13F3N2O. The number of rotatable bonds is 2. The van der Waals surface area contributed by atoms with E-state index in [9.17, 15) is 23.5 Å². The average molecular weight is 354 g/mol. The molecule has 1 unspecified atom stereocenters. The number of hydrogen-bond acceptors (Lipinski definition) is 2. The molecule has 1 N–H and O–H groups in total. The largest absolute Gasteiger partial charge is 0.441 e. The molecule has 0 saturated heterocycles. The minimum atomic E-state index is -4.91. The molecule has 2 aromatic carbocycles. The maximum atomic E-state index is 13.9. The lowest BCUT2D eigenvalue weighted by Gasteiger charge is -2.27. The van der Waals surface area contributed by atoms with Crippen molar-refractivity contribution in [3.8, 4) is 6.07 Å². The lowest BCUT2D eigenvalue weighted by Crippen LogP contribution is -2.44. The van der Waals surface area contributed by atoms with Crippen LogP contribution in [0.4, 0.5) is 13.2 Å². The Balaban J connectivity index is 2.15. The van der Waals surface area contributed by atoms with Gasteiger partial charge in [0.1, 0.15) is 0 Å². The number of nitriles is 1. The van der Waals surface area contributed by atoms with Gasteiger partial charge >= 0.3 is 6.18 Å². The van der Waals surface area contributed by atoms with E-state index < -0.39 is 11.9 Å². The molecule has 0 spiro atoms. The molecule has 0 radical (unpaired) electrons. The van der Waals surface area contributed by atoms with Crippen LogP contribution in [-0.4, -0.2) is 15.8 Å². The van der Waals surface area contributed by atoms with Crippen molar-refractivity contribution in [2.24, 2.45) is 0 Å². The summed E-state index contributed by atoms with van der Waals surface area (Å²) in [5.41, 5.74) is -1.38. The fourth-order valence-corrected chi connectivity index (χ4v) is 3.58. The molecule has 0 amide bonds. The van der Waals surface area contributed by atoms with Crippen LogP contribution < -0.4 is 0 Å². The van der Waals surface area contributed by atoms with Gasteiger partial charge in [0.2, 0.25) is 0 Å². The van der Waals surface area contributed by atoms with E-state index in [0.717, 1.165) is 10.6 Å². The van der Waals surface area contributed by atoms with Crippen molar-refractivity contribution in [1.29, 1.82) is 5.26 Å². The quantitative estimate of drug-likeness (QED) is 0.743. The number of aromatic nitrogens is 1. The van der Waals surface area contributed by atoms with E-state index in [4.69, 9.17) is 0 Å². The molecule has 1 aliphatic rings. The lowest BCUT2D eigenvalue weighted by atomic mass is 9.97. The van der Waals surface area contributed by atoms with E-state index in [-0.39, 0.29) is 23.2 Å². The van der Waals surface area contributed by atoms with Gasteiger partial charge < -0.3 is 9.67 Å². The highest BCUT2D eigenvalue weighted by Gasteiger charge is 2.58. The topological polar surface area (TPSA) is 49.0 Å². The second kappa shape index (κ2) is 5.48. The van der Waals surface area contributed by atoms with Crippen LogP contribution in [0, 0.1) is 11.3 Å². The number of nitrogens with zero attached hydrogens (tertiary/aromatic N) is 2. The number of hydrogen-bond donors (Lipinski definition) is 1. The zero-order valence-corrected chi connectivity index (χ0v) is 13.5. The highest BCUT2D eigenvalue weighted by Crippen LogP contribution is 2.50. The second-order valence-electron chi connectivity index (χ2n) is 6.16. The molecule has 26 heavy (non-hydrogen) atoms. The van der Waals surface area contributed by atoms with Crippen molar-refractivity contribution in [2.45, 2.75) is 18.3 Å². The summed E-state index contributed by atoms with van der Waals surface area (Å²) >= 11 is 0. The van der Waals surface area contributed by atoms with Gasteiger partial charge in [-0.25, -0.2) is 0 Å². The maximum absolute atomic E-state index is 13.9. The summed E-state index contributed by atoms with van der Waals surface area (Å²) in [6.45, 7) is 0. The minimum Gasteiger partial charge on any atom is -0.360 e. The third-order valence-electron chi connectivity index (χ3n) is 4.68. The Labute approximate surface area is 147 Å². The van der Waals surface area contributed by atoms with Gasteiger partial charge in [0.05, 0.1) is 23.7 Å². The lowest BCUT2D eigenvalue weighted by molar-refractivity contribution is -0.272. The summed E-state index contributed by atoms with van der Waals surface area (Å²) in [5.74, 6) is 0. The van der Waals surface area contributed by atoms with Gasteiger partial charge in [-0.2, -0.15) is 18.4 Å². The monoisotopic (exact) mass is 354 g/mol. The molecule has 0 fully saturated rings. The van der Waals surface area contributed by atoms with Gasteiger partial charge in [-0.1, -0.05) is 48.5 Å². The zero-order valence-electron chi connectivity index (χ0n) is 13.5. The van der Waals surface area contributed by atoms with E-state index in [1.807, 2.05) is 6.07 Å². The van der Waals surface area contributed by atoms with Crippen LogP contribution in [0.15, 0.2) is 60.7 Å². The summed E-state index contributed by atoms with van der Waals surface area (Å²) in [7, 11) is 0. The third-order valence-corrected chi connectivity index (χ3v) is 4.68. The van der Waals surface area contributed by atoms with E-state index in [1.165, 1.54) is 6.07 Å². The van der Waals surface area contributed by atoms with Gasteiger partial charge in [0.15, 0.2) is 0 Å². The number of halogens is 3. The van der Waals surface area contributed by atoms with Crippen molar-refractivity contribution in [3.05, 3.63) is 77.5 Å². The Morgan fingerprint density at radius 3 is 2.35 bits per heavy atom. The Bertz CT molecular complexity index is 1070. The van der Waals surface area contributed by atoms with Gasteiger partial charge in [0.25, 0.3) is 5.72 Å². The van der Waals surface area contributed by atoms with E-state index in [1.54, 1.807) is 48.5 Å². The Morgan fingerprint density at radius 2 is 1.69 bits per heavy atom. The molecule has 1 aromatic heterocycles. The number of aliphatic hydroxyl groups is 1. The molecule has 2 heterocycles. The van der Waals surface area contributed by atoms with E-state index >= 15 is 0 Å². The van der Waals surface area contributed by atoms with Gasteiger partial charge in [-0.3, -0.25) is 0 Å². The zero-order chi connectivity index (χ0) is 18.5. The van der Waals surface area contributed by atoms with Crippen LogP contribution >= 0.6 is 0 Å². The van der Waals surface area contributed by atoms with Crippen LogP contribution in [0.25, 0.3) is 16.5 Å². The third kappa shape index (κ3) is 2.11. The predicted molar refractivity (Wildman–Crippen MR) is 91.0 cm³/mol. The van der Waals surface area contributed by atoms with Crippen molar-refractivity contribution in [2.75, 3.05) is 0 Å². The summed E-state index contributed by atoms with van der Waals surface area (Å²) in [5, 5.41) is 20.4. The molecule has 1 atom stereocenters. The molecule has 0 bridgehead atoms. The van der Waals surface area contributed by atoms with Crippen LogP contribution in [0.3, 0.4) is 0 Å². The first-order valence-corrected chi connectivity index (χ1v) is 7.96. The van der Waals surface area contributed by atoms with Crippen LogP contribution in [-0.2, 0) is 12.1 Å². The summed E-state index contributed by atoms with van der Waals surface area (Å²) in [6.07, 6.45) is -4.13. The molecule has 3 nitrogen and oxygen atoms in total. The Morgan fingerprint density at radius 1 is 1.04 bits per heavy atom. The molecular weight excluding hydrogens is 341 g/mol. The fourth-order valence-electron chi connectivity index (χ4n) is 3.58. The van der Waals surface area contributed by atoms with Crippen molar-refractivity contribution >= 4 is 16.5 Å². The van der Waals surface area contributed by atoms with Crippen molar-refractivity contribution in [1.82, 2.24) is 4.57 Å². The van der Waals surface area contributed by atoms with Gasteiger partial charge in [0, 0.05) is 11.0 Å². The highest BCUT2D eigenvalue weighted by atomic mass is 19.4. The van der Waals surface area contributed by atoms with Crippen molar-refractivity contribution < 1.29 is 18.3 Å². The van der Waals surface area contributed by atoms with Crippen molar-refractivity contribution in [3.63, 3.8) is 0 Å². The summed E-state index contributed by atoms with van der Waals surface area (Å²) < 4.78 is 42.5.